The van der Waals surface area contributed by atoms with Gasteiger partial charge in [-0.2, -0.15) is 0 Å². The van der Waals surface area contributed by atoms with Crippen LogP contribution in [0.15, 0.2) is 24.3 Å². The summed E-state index contributed by atoms with van der Waals surface area (Å²) < 4.78 is 38.3. The van der Waals surface area contributed by atoms with E-state index in [0.29, 0.717) is 12.1 Å². The predicted octanol–water partition coefficient (Wildman–Crippen LogP) is 1.57. The number of hydrogen-bond donors (Lipinski definition) is 2. The first-order valence-electron chi connectivity index (χ1n) is 5.44. The quantitative estimate of drug-likeness (QED) is 0.732. The Balaban J connectivity index is 2.46. The first-order valence-corrected chi connectivity index (χ1v) is 7.09. The molecular weight excluding hydrogens is 243 g/mol. The second kappa shape index (κ2) is 6.56. The van der Waals surface area contributed by atoms with Crippen molar-refractivity contribution in [3.63, 3.8) is 0 Å². The Kier molecular flexibility index (Phi) is 5.37. The van der Waals surface area contributed by atoms with Crippen molar-refractivity contribution in [2.24, 2.45) is 0 Å². The second-order valence-corrected chi connectivity index (χ2v) is 5.58. The molecule has 0 atom stereocenters. The van der Waals surface area contributed by atoms with Crippen molar-refractivity contribution in [3.8, 4) is 0 Å². The smallest absolute Gasteiger partial charge is 0.232 e. The molecule has 4 nitrogen and oxygen atoms in total. The van der Waals surface area contributed by atoms with Gasteiger partial charge in [0.2, 0.25) is 10.0 Å². The van der Waals surface area contributed by atoms with Gasteiger partial charge in [-0.25, -0.2) is 12.8 Å². The monoisotopic (exact) mass is 260 g/mol. The van der Waals surface area contributed by atoms with Crippen LogP contribution in [0.2, 0.25) is 0 Å². The van der Waals surface area contributed by atoms with Crippen LogP contribution in [0, 0.1) is 5.82 Å². The zero-order valence-corrected chi connectivity index (χ0v) is 10.6. The molecule has 0 saturated carbocycles. The number of rotatable bonds is 7. The van der Waals surface area contributed by atoms with Crippen LogP contribution in [0.4, 0.5) is 10.1 Å². The lowest BCUT2D eigenvalue weighted by molar-refractivity contribution is 0.595. The second-order valence-electron chi connectivity index (χ2n) is 3.74. The van der Waals surface area contributed by atoms with Gasteiger partial charge in [0.15, 0.2) is 0 Å². The number of unbranched alkanes of at least 4 members (excludes halogenated alkanes) is 1. The summed E-state index contributed by atoms with van der Waals surface area (Å²) in [5, 5.41) is 2.95. The molecule has 0 fully saturated rings. The van der Waals surface area contributed by atoms with Crippen LogP contribution in [0.25, 0.3) is 0 Å². The van der Waals surface area contributed by atoms with Crippen LogP contribution in [0.1, 0.15) is 12.8 Å². The van der Waals surface area contributed by atoms with Gasteiger partial charge in [0.05, 0.1) is 5.75 Å². The molecule has 0 aromatic heterocycles. The molecule has 1 rings (SSSR count). The number of hydrogen-bond acceptors (Lipinski definition) is 3. The van der Waals surface area contributed by atoms with Crippen LogP contribution < -0.4 is 10.0 Å². The third-order valence-electron chi connectivity index (χ3n) is 2.21. The molecule has 0 radical (unpaired) electrons. The molecule has 0 aliphatic heterocycles. The Morgan fingerprint density at radius 3 is 2.41 bits per heavy atom. The highest BCUT2D eigenvalue weighted by Crippen LogP contribution is 2.11. The van der Waals surface area contributed by atoms with Gasteiger partial charge in [0, 0.05) is 5.69 Å². The Morgan fingerprint density at radius 2 is 1.82 bits per heavy atom. The van der Waals surface area contributed by atoms with E-state index in [9.17, 15) is 12.8 Å². The molecule has 17 heavy (non-hydrogen) atoms. The van der Waals surface area contributed by atoms with E-state index in [2.05, 4.69) is 10.0 Å². The topological polar surface area (TPSA) is 58.2 Å². The minimum atomic E-state index is -3.33. The lowest BCUT2D eigenvalue weighted by Crippen LogP contribution is -2.18. The standard InChI is InChI=1S/C11H17FN2O2S/c1-13-8-2-3-9-17(15,16)14-11-6-4-10(12)5-7-11/h4-7,13-14H,2-3,8-9H2,1H3. The van der Waals surface area contributed by atoms with Crippen molar-refractivity contribution in [1.29, 1.82) is 0 Å². The van der Waals surface area contributed by atoms with Crippen molar-refractivity contribution in [1.82, 2.24) is 5.32 Å². The number of nitrogens with one attached hydrogen (secondary N) is 2. The van der Waals surface area contributed by atoms with Gasteiger partial charge >= 0.3 is 0 Å². The normalized spacial score (nSPS) is 11.4. The SMILES string of the molecule is CNCCCCS(=O)(=O)Nc1ccc(F)cc1. The maximum Gasteiger partial charge on any atom is 0.232 e. The fourth-order valence-corrected chi connectivity index (χ4v) is 2.52. The lowest BCUT2D eigenvalue weighted by atomic mass is 10.3. The molecule has 6 heteroatoms. The highest BCUT2D eigenvalue weighted by molar-refractivity contribution is 7.92. The van der Waals surface area contributed by atoms with E-state index < -0.39 is 10.0 Å². The van der Waals surface area contributed by atoms with Crippen molar-refractivity contribution in [2.45, 2.75) is 12.8 Å². The average molecular weight is 260 g/mol. The maximum atomic E-state index is 12.6. The highest BCUT2D eigenvalue weighted by Gasteiger charge is 2.09. The van der Waals surface area contributed by atoms with E-state index in [-0.39, 0.29) is 11.6 Å². The average Bonchev–Trinajstić information content (AvgIpc) is 2.27. The molecular formula is C11H17FN2O2S. The Morgan fingerprint density at radius 1 is 1.18 bits per heavy atom. The fraction of sp³-hybridized carbons (Fsp3) is 0.455. The van der Waals surface area contributed by atoms with Crippen molar-refractivity contribution >= 4 is 15.7 Å². The molecule has 0 bridgehead atoms. The molecule has 0 heterocycles. The van der Waals surface area contributed by atoms with E-state index in [1.54, 1.807) is 0 Å². The number of sulfonamides is 1. The molecule has 0 amide bonds. The van der Waals surface area contributed by atoms with Gasteiger partial charge in [-0.05, 0) is 50.7 Å². The van der Waals surface area contributed by atoms with Crippen molar-refractivity contribution in [3.05, 3.63) is 30.1 Å². The van der Waals surface area contributed by atoms with Crippen molar-refractivity contribution in [2.75, 3.05) is 24.1 Å². The van der Waals surface area contributed by atoms with E-state index in [1.165, 1.54) is 24.3 Å². The van der Waals surface area contributed by atoms with E-state index in [1.807, 2.05) is 7.05 Å². The summed E-state index contributed by atoms with van der Waals surface area (Å²) in [5.74, 6) is -0.312. The molecule has 0 aliphatic carbocycles. The van der Waals surface area contributed by atoms with E-state index in [4.69, 9.17) is 0 Å². The number of benzene rings is 1. The van der Waals surface area contributed by atoms with Gasteiger partial charge in [-0.1, -0.05) is 0 Å². The lowest BCUT2D eigenvalue weighted by Gasteiger charge is -2.07. The summed E-state index contributed by atoms with van der Waals surface area (Å²) in [4.78, 5) is 0. The number of halogens is 1. The van der Waals surface area contributed by atoms with Crippen LogP contribution >= 0.6 is 0 Å². The summed E-state index contributed by atoms with van der Waals surface area (Å²) in [6.07, 6.45) is 1.40. The third-order valence-corrected chi connectivity index (χ3v) is 3.58. The Bertz CT molecular complexity index is 431. The van der Waals surface area contributed by atoms with Gasteiger partial charge in [-0.3, -0.25) is 4.72 Å². The van der Waals surface area contributed by atoms with Gasteiger partial charge < -0.3 is 5.32 Å². The Hall–Kier alpha value is -1.14. The first kappa shape index (κ1) is 13.9. The minimum absolute atomic E-state index is 0.0755. The van der Waals surface area contributed by atoms with E-state index in [0.717, 1.165) is 13.0 Å². The predicted molar refractivity (Wildman–Crippen MR) is 67.0 cm³/mol. The zero-order chi connectivity index (χ0) is 12.7. The van der Waals surface area contributed by atoms with Gasteiger partial charge in [-0.15, -0.1) is 0 Å². The van der Waals surface area contributed by atoms with Crippen LogP contribution in [0.5, 0.6) is 0 Å². The highest BCUT2D eigenvalue weighted by atomic mass is 32.2. The molecule has 1 aromatic rings. The Labute approximate surface area is 101 Å². The summed E-state index contributed by atoms with van der Waals surface area (Å²) in [5.41, 5.74) is 0.389. The van der Waals surface area contributed by atoms with Crippen LogP contribution in [0.3, 0.4) is 0 Å². The van der Waals surface area contributed by atoms with Gasteiger partial charge in [0.1, 0.15) is 5.82 Å². The summed E-state index contributed by atoms with van der Waals surface area (Å²) in [6, 6.07) is 5.25. The largest absolute Gasteiger partial charge is 0.320 e. The fourth-order valence-electron chi connectivity index (χ4n) is 1.34. The van der Waals surface area contributed by atoms with E-state index >= 15 is 0 Å². The van der Waals surface area contributed by atoms with Crippen molar-refractivity contribution < 1.29 is 12.8 Å². The minimum Gasteiger partial charge on any atom is -0.320 e. The molecule has 0 spiro atoms. The summed E-state index contributed by atoms with van der Waals surface area (Å²) in [6.45, 7) is 0.798. The first-order chi connectivity index (χ1) is 8.03. The molecule has 96 valence electrons. The number of anilines is 1. The molecule has 0 aliphatic rings. The van der Waals surface area contributed by atoms with Crippen LogP contribution in [-0.4, -0.2) is 27.8 Å². The summed E-state index contributed by atoms with van der Waals surface area (Å²) >= 11 is 0. The molecule has 1 aromatic carbocycles. The van der Waals surface area contributed by atoms with Crippen LogP contribution in [-0.2, 0) is 10.0 Å². The molecule has 2 N–H and O–H groups in total. The molecule has 0 saturated heterocycles. The van der Waals surface area contributed by atoms with Gasteiger partial charge in [0.25, 0.3) is 0 Å². The summed E-state index contributed by atoms with van der Waals surface area (Å²) in [7, 11) is -1.50. The maximum absolute atomic E-state index is 12.6. The third kappa shape index (κ3) is 5.65. The zero-order valence-electron chi connectivity index (χ0n) is 9.74. The molecule has 0 unspecified atom stereocenters.